The minimum atomic E-state index is -0.694. The fourth-order valence-electron chi connectivity index (χ4n) is 3.44. The van der Waals surface area contributed by atoms with Gasteiger partial charge in [0.05, 0.1) is 36.8 Å². The molecule has 2 N–H and O–H groups in total. The van der Waals surface area contributed by atoms with Crippen molar-refractivity contribution in [2.24, 2.45) is 0 Å². The van der Waals surface area contributed by atoms with Gasteiger partial charge in [0.15, 0.2) is 0 Å². The highest BCUT2D eigenvalue weighted by atomic mass is 19.1. The Bertz CT molecular complexity index is 999. The van der Waals surface area contributed by atoms with E-state index in [0.29, 0.717) is 31.0 Å². The van der Waals surface area contributed by atoms with E-state index in [-0.39, 0.29) is 35.2 Å². The minimum absolute atomic E-state index is 0.0854. The smallest absolute Gasteiger partial charge is 0.257 e. The molecule has 2 unspecified atom stereocenters. The summed E-state index contributed by atoms with van der Waals surface area (Å²) in [4.78, 5) is 22.9. The van der Waals surface area contributed by atoms with Crippen LogP contribution >= 0.6 is 0 Å². The molecular weight excluding hydrogens is 403 g/mol. The van der Waals surface area contributed by atoms with E-state index >= 15 is 0 Å². The van der Waals surface area contributed by atoms with Crippen LogP contribution in [0, 0.1) is 17.1 Å². The van der Waals surface area contributed by atoms with Crippen molar-refractivity contribution in [3.63, 3.8) is 0 Å². The third-order valence-electron chi connectivity index (χ3n) is 4.73. The van der Waals surface area contributed by atoms with Gasteiger partial charge in [-0.15, -0.1) is 0 Å². The first-order chi connectivity index (χ1) is 14.9. The van der Waals surface area contributed by atoms with Crippen LogP contribution in [0.1, 0.15) is 36.7 Å². The summed E-state index contributed by atoms with van der Waals surface area (Å²) in [5.74, 6) is -0.335. The van der Waals surface area contributed by atoms with Gasteiger partial charge < -0.3 is 25.0 Å². The van der Waals surface area contributed by atoms with E-state index in [9.17, 15) is 9.18 Å². The van der Waals surface area contributed by atoms with Crippen LogP contribution in [0.25, 0.3) is 0 Å². The number of methoxy groups -OCH3 is 1. The lowest BCUT2D eigenvalue weighted by Gasteiger charge is -2.35. The average molecular weight is 428 g/mol. The van der Waals surface area contributed by atoms with E-state index in [1.165, 1.54) is 25.4 Å². The molecule has 9 nitrogen and oxygen atoms in total. The number of anilines is 3. The third-order valence-corrected chi connectivity index (χ3v) is 4.73. The summed E-state index contributed by atoms with van der Waals surface area (Å²) in [6.07, 6.45) is 1.12. The second kappa shape index (κ2) is 9.57. The quantitative estimate of drug-likeness (QED) is 0.722. The molecule has 1 amide bonds. The summed E-state index contributed by atoms with van der Waals surface area (Å²) in [5.41, 5.74) is 0.464. The summed E-state index contributed by atoms with van der Waals surface area (Å²) < 4.78 is 25.9. The van der Waals surface area contributed by atoms with Crippen molar-refractivity contribution in [2.45, 2.75) is 33.0 Å². The van der Waals surface area contributed by atoms with Crippen LogP contribution in [0.4, 0.5) is 21.8 Å². The number of nitriles is 1. The van der Waals surface area contributed by atoms with Crippen LogP contribution in [0.5, 0.6) is 5.75 Å². The molecule has 1 aromatic carbocycles. The number of hydrogen-bond acceptors (Lipinski definition) is 8. The van der Waals surface area contributed by atoms with Gasteiger partial charge in [0.1, 0.15) is 29.0 Å². The summed E-state index contributed by atoms with van der Waals surface area (Å²) in [5, 5.41) is 15.0. The van der Waals surface area contributed by atoms with Gasteiger partial charge in [-0.05, 0) is 26.8 Å². The summed E-state index contributed by atoms with van der Waals surface area (Å²) in [6, 6.07) is 4.54. The van der Waals surface area contributed by atoms with E-state index in [2.05, 4.69) is 20.6 Å². The highest BCUT2D eigenvalue weighted by Crippen LogP contribution is 2.31. The highest BCUT2D eigenvalue weighted by molar-refractivity contribution is 5.96. The average Bonchev–Trinajstić information content (AvgIpc) is 2.73. The number of carbonyl (C=O) groups excluding carboxylic acids is 1. The third kappa shape index (κ3) is 5.00. The molecule has 2 aromatic rings. The standard InChI is InChI=1S/C21H25FN6O3/c1-5-24-19-14(8-23)9-25-21(27-19)26-17-7-16(22)15(6-18(17)30-4)20(29)28-10-12(2)31-13(3)11-28/h6-7,9,12-13H,5,10-11H2,1-4H3,(H2,24,25,26,27). The van der Waals surface area contributed by atoms with Crippen molar-refractivity contribution in [3.05, 3.63) is 35.3 Å². The Hall–Kier alpha value is -3.45. The predicted molar refractivity (Wildman–Crippen MR) is 113 cm³/mol. The van der Waals surface area contributed by atoms with Crippen molar-refractivity contribution < 1.29 is 18.7 Å². The molecule has 31 heavy (non-hydrogen) atoms. The molecule has 3 rings (SSSR count). The number of ether oxygens (including phenoxy) is 2. The van der Waals surface area contributed by atoms with Gasteiger partial charge in [0.2, 0.25) is 5.95 Å². The molecule has 0 spiro atoms. The van der Waals surface area contributed by atoms with Crippen LogP contribution in [-0.4, -0.2) is 59.7 Å². The van der Waals surface area contributed by atoms with E-state index in [0.717, 1.165) is 0 Å². The molecule has 1 fully saturated rings. The molecular formula is C21H25FN6O3. The summed E-state index contributed by atoms with van der Waals surface area (Å²) in [6.45, 7) is 6.96. The van der Waals surface area contributed by atoms with Crippen LogP contribution in [-0.2, 0) is 4.74 Å². The maximum Gasteiger partial charge on any atom is 0.257 e. The number of benzene rings is 1. The molecule has 164 valence electrons. The zero-order valence-electron chi connectivity index (χ0n) is 17.9. The Morgan fingerprint density at radius 1 is 1.39 bits per heavy atom. The Balaban J connectivity index is 1.89. The van der Waals surface area contributed by atoms with Gasteiger partial charge in [-0.1, -0.05) is 0 Å². The molecule has 1 aliphatic heterocycles. The van der Waals surface area contributed by atoms with Crippen LogP contribution < -0.4 is 15.4 Å². The van der Waals surface area contributed by atoms with E-state index in [1.54, 1.807) is 4.90 Å². The van der Waals surface area contributed by atoms with E-state index < -0.39 is 11.7 Å². The maximum absolute atomic E-state index is 14.9. The van der Waals surface area contributed by atoms with Gasteiger partial charge in [-0.2, -0.15) is 10.2 Å². The lowest BCUT2D eigenvalue weighted by Crippen LogP contribution is -2.48. The monoisotopic (exact) mass is 428 g/mol. The normalized spacial score (nSPS) is 18.3. The van der Waals surface area contributed by atoms with Crippen LogP contribution in [0.3, 0.4) is 0 Å². The number of amides is 1. The zero-order valence-corrected chi connectivity index (χ0v) is 17.9. The van der Waals surface area contributed by atoms with Crippen molar-refractivity contribution in [1.29, 1.82) is 5.26 Å². The molecule has 0 saturated carbocycles. The van der Waals surface area contributed by atoms with E-state index in [4.69, 9.17) is 14.7 Å². The van der Waals surface area contributed by atoms with Crippen LogP contribution in [0.2, 0.25) is 0 Å². The molecule has 1 saturated heterocycles. The van der Waals surface area contributed by atoms with Gasteiger partial charge in [-0.3, -0.25) is 4.79 Å². The molecule has 2 atom stereocenters. The Morgan fingerprint density at radius 3 is 2.71 bits per heavy atom. The molecule has 0 bridgehead atoms. The number of nitrogens with one attached hydrogen (secondary N) is 2. The molecule has 1 aromatic heterocycles. The topological polar surface area (TPSA) is 112 Å². The van der Waals surface area contributed by atoms with Crippen LogP contribution in [0.15, 0.2) is 18.3 Å². The second-order valence-corrected chi connectivity index (χ2v) is 7.22. The van der Waals surface area contributed by atoms with Crippen molar-refractivity contribution in [1.82, 2.24) is 14.9 Å². The number of carbonyl (C=O) groups is 1. The maximum atomic E-state index is 14.9. The SMILES string of the molecule is CCNc1nc(Nc2cc(F)c(C(=O)N3CC(C)OC(C)C3)cc2OC)ncc1C#N. The number of morpholine rings is 1. The second-order valence-electron chi connectivity index (χ2n) is 7.22. The Morgan fingerprint density at radius 2 is 2.10 bits per heavy atom. The fraction of sp³-hybridized carbons (Fsp3) is 0.429. The highest BCUT2D eigenvalue weighted by Gasteiger charge is 2.29. The Kier molecular flexibility index (Phi) is 6.87. The van der Waals surface area contributed by atoms with Crippen molar-refractivity contribution in [2.75, 3.05) is 37.4 Å². The van der Waals surface area contributed by atoms with E-state index in [1.807, 2.05) is 26.8 Å². The Labute approximate surface area is 180 Å². The lowest BCUT2D eigenvalue weighted by atomic mass is 10.1. The van der Waals surface area contributed by atoms with Gasteiger partial charge in [0, 0.05) is 25.7 Å². The number of hydrogen-bond donors (Lipinski definition) is 2. The summed E-state index contributed by atoms with van der Waals surface area (Å²) >= 11 is 0. The zero-order chi connectivity index (χ0) is 22.5. The molecule has 1 aliphatic rings. The molecule has 2 heterocycles. The predicted octanol–water partition coefficient (Wildman–Crippen LogP) is 2.92. The van der Waals surface area contributed by atoms with Crippen molar-refractivity contribution >= 4 is 23.4 Å². The first-order valence-electron chi connectivity index (χ1n) is 9.96. The number of nitrogens with zero attached hydrogens (tertiary/aromatic N) is 4. The molecule has 0 radical (unpaired) electrons. The lowest BCUT2D eigenvalue weighted by molar-refractivity contribution is -0.0587. The largest absolute Gasteiger partial charge is 0.495 e. The van der Waals surface area contributed by atoms with Crippen molar-refractivity contribution in [3.8, 4) is 11.8 Å². The molecule has 0 aliphatic carbocycles. The first kappa shape index (κ1) is 22.2. The minimum Gasteiger partial charge on any atom is -0.495 e. The number of rotatable bonds is 6. The number of aromatic nitrogens is 2. The number of halogens is 1. The molecule has 10 heteroatoms. The van der Waals surface area contributed by atoms with Gasteiger partial charge in [-0.25, -0.2) is 9.37 Å². The first-order valence-corrected chi connectivity index (χ1v) is 9.96. The van der Waals surface area contributed by atoms with Gasteiger partial charge >= 0.3 is 0 Å². The summed E-state index contributed by atoms with van der Waals surface area (Å²) in [7, 11) is 1.43. The fourth-order valence-corrected chi connectivity index (χ4v) is 3.44. The van der Waals surface area contributed by atoms with Gasteiger partial charge in [0.25, 0.3) is 5.91 Å².